The van der Waals surface area contributed by atoms with Crippen molar-refractivity contribution >= 4 is 21.8 Å². The number of carbonyl (C=O) groups is 1. The average molecular weight is 298 g/mol. The minimum absolute atomic E-state index is 0.00738. The van der Waals surface area contributed by atoms with Crippen molar-refractivity contribution in [2.45, 2.75) is 39.0 Å². The van der Waals surface area contributed by atoms with E-state index in [1.54, 1.807) is 0 Å². The van der Waals surface area contributed by atoms with Crippen LogP contribution in [-0.4, -0.2) is 12.5 Å². The van der Waals surface area contributed by atoms with E-state index in [9.17, 15) is 4.79 Å². The number of carbonyl (C=O) groups excluding carboxylic acids is 1. The molecule has 1 rings (SSSR count). The van der Waals surface area contributed by atoms with Crippen LogP contribution in [0.3, 0.4) is 0 Å². The molecule has 0 aliphatic rings. The molecule has 1 aromatic rings. The van der Waals surface area contributed by atoms with Crippen LogP contribution in [0.2, 0.25) is 0 Å². The highest BCUT2D eigenvalue weighted by atomic mass is 79.9. The molecule has 1 amide bonds. The second kappa shape index (κ2) is 8.29. The second-order valence-corrected chi connectivity index (χ2v) is 5.00. The standard InChI is InChI=1S/C14H20BrNO/c1-2-3-4-5-8-11-16-14(17)12-9-6-7-10-13(12)15/h6-7,9-10H,2-5,8,11H2,1H3,(H,16,17). The van der Waals surface area contributed by atoms with E-state index in [2.05, 4.69) is 28.2 Å². The Balaban J connectivity index is 2.24. The van der Waals surface area contributed by atoms with E-state index in [-0.39, 0.29) is 5.91 Å². The van der Waals surface area contributed by atoms with Gasteiger partial charge in [-0.2, -0.15) is 0 Å². The van der Waals surface area contributed by atoms with Crippen molar-refractivity contribution in [3.63, 3.8) is 0 Å². The molecule has 94 valence electrons. The van der Waals surface area contributed by atoms with Crippen molar-refractivity contribution in [1.29, 1.82) is 0 Å². The number of amides is 1. The first-order valence-corrected chi connectivity index (χ1v) is 7.07. The highest BCUT2D eigenvalue weighted by Gasteiger charge is 2.07. The fourth-order valence-electron chi connectivity index (χ4n) is 1.67. The molecule has 0 fully saturated rings. The number of unbranched alkanes of at least 4 members (excludes halogenated alkanes) is 4. The summed E-state index contributed by atoms with van der Waals surface area (Å²) in [4.78, 5) is 11.8. The van der Waals surface area contributed by atoms with Crippen LogP contribution in [-0.2, 0) is 0 Å². The number of nitrogens with one attached hydrogen (secondary N) is 1. The molecule has 0 unspecified atom stereocenters. The summed E-state index contributed by atoms with van der Waals surface area (Å²) in [6.07, 6.45) is 6.07. The topological polar surface area (TPSA) is 29.1 Å². The van der Waals surface area contributed by atoms with Crippen LogP contribution >= 0.6 is 15.9 Å². The van der Waals surface area contributed by atoms with Gasteiger partial charge in [0.15, 0.2) is 0 Å². The highest BCUT2D eigenvalue weighted by Crippen LogP contribution is 2.15. The third-order valence-corrected chi connectivity index (χ3v) is 3.38. The quantitative estimate of drug-likeness (QED) is 0.753. The SMILES string of the molecule is CCCCCCCNC(=O)c1ccccc1Br. The lowest BCUT2D eigenvalue weighted by atomic mass is 10.1. The van der Waals surface area contributed by atoms with Crippen molar-refractivity contribution < 1.29 is 4.79 Å². The van der Waals surface area contributed by atoms with Crippen LogP contribution in [0.5, 0.6) is 0 Å². The van der Waals surface area contributed by atoms with Crippen molar-refractivity contribution in [3.8, 4) is 0 Å². The second-order valence-electron chi connectivity index (χ2n) is 4.15. The number of halogens is 1. The van der Waals surface area contributed by atoms with Gasteiger partial charge in [-0.3, -0.25) is 4.79 Å². The molecular weight excluding hydrogens is 278 g/mol. The van der Waals surface area contributed by atoms with E-state index >= 15 is 0 Å². The van der Waals surface area contributed by atoms with Gasteiger partial charge < -0.3 is 5.32 Å². The molecule has 1 N–H and O–H groups in total. The summed E-state index contributed by atoms with van der Waals surface area (Å²) < 4.78 is 0.850. The van der Waals surface area contributed by atoms with Gasteiger partial charge in [0.05, 0.1) is 5.56 Å². The summed E-state index contributed by atoms with van der Waals surface area (Å²) in [6, 6.07) is 7.50. The number of hydrogen-bond donors (Lipinski definition) is 1. The minimum atomic E-state index is 0.00738. The minimum Gasteiger partial charge on any atom is -0.352 e. The van der Waals surface area contributed by atoms with E-state index in [1.807, 2.05) is 24.3 Å². The highest BCUT2D eigenvalue weighted by molar-refractivity contribution is 9.10. The van der Waals surface area contributed by atoms with Crippen molar-refractivity contribution in [1.82, 2.24) is 5.32 Å². The maximum absolute atomic E-state index is 11.8. The Labute approximate surface area is 112 Å². The third-order valence-electron chi connectivity index (χ3n) is 2.68. The first-order chi connectivity index (χ1) is 8.25. The smallest absolute Gasteiger partial charge is 0.252 e. The Morgan fingerprint density at radius 3 is 2.59 bits per heavy atom. The first-order valence-electron chi connectivity index (χ1n) is 6.28. The lowest BCUT2D eigenvalue weighted by molar-refractivity contribution is 0.0952. The Kier molecular flexibility index (Phi) is 6.94. The molecule has 17 heavy (non-hydrogen) atoms. The van der Waals surface area contributed by atoms with Gasteiger partial charge in [-0.1, -0.05) is 44.7 Å². The monoisotopic (exact) mass is 297 g/mol. The van der Waals surface area contributed by atoms with Crippen LogP contribution in [0.25, 0.3) is 0 Å². The van der Waals surface area contributed by atoms with Gasteiger partial charge in [0.1, 0.15) is 0 Å². The van der Waals surface area contributed by atoms with Gasteiger partial charge in [0.25, 0.3) is 5.91 Å². The zero-order valence-corrected chi connectivity index (χ0v) is 11.9. The molecule has 0 saturated heterocycles. The summed E-state index contributed by atoms with van der Waals surface area (Å²) in [5.41, 5.74) is 0.709. The third kappa shape index (κ3) is 5.35. The molecule has 0 atom stereocenters. The zero-order valence-electron chi connectivity index (χ0n) is 10.3. The molecule has 3 heteroatoms. The van der Waals surface area contributed by atoms with Crippen molar-refractivity contribution in [2.75, 3.05) is 6.54 Å². The van der Waals surface area contributed by atoms with Crippen LogP contribution in [0.4, 0.5) is 0 Å². The molecule has 0 heterocycles. The molecule has 1 aromatic carbocycles. The largest absolute Gasteiger partial charge is 0.352 e. The summed E-state index contributed by atoms with van der Waals surface area (Å²) in [5, 5.41) is 2.95. The van der Waals surface area contributed by atoms with E-state index in [1.165, 1.54) is 25.7 Å². The van der Waals surface area contributed by atoms with Crippen molar-refractivity contribution in [3.05, 3.63) is 34.3 Å². The first kappa shape index (κ1) is 14.2. The van der Waals surface area contributed by atoms with E-state index < -0.39 is 0 Å². The number of rotatable bonds is 7. The number of hydrogen-bond acceptors (Lipinski definition) is 1. The average Bonchev–Trinajstić information content (AvgIpc) is 2.34. The summed E-state index contributed by atoms with van der Waals surface area (Å²) in [6.45, 7) is 2.97. The fourth-order valence-corrected chi connectivity index (χ4v) is 2.14. The van der Waals surface area contributed by atoms with Crippen LogP contribution in [0.15, 0.2) is 28.7 Å². The van der Waals surface area contributed by atoms with E-state index in [0.29, 0.717) is 5.56 Å². The van der Waals surface area contributed by atoms with E-state index in [4.69, 9.17) is 0 Å². The maximum Gasteiger partial charge on any atom is 0.252 e. The van der Waals surface area contributed by atoms with Gasteiger partial charge in [-0.25, -0.2) is 0 Å². The van der Waals surface area contributed by atoms with Crippen LogP contribution < -0.4 is 5.32 Å². The summed E-state index contributed by atoms with van der Waals surface area (Å²) in [5.74, 6) is 0.00738. The Morgan fingerprint density at radius 1 is 1.18 bits per heavy atom. The molecule has 0 aromatic heterocycles. The predicted octanol–water partition coefficient (Wildman–Crippen LogP) is 4.15. The predicted molar refractivity (Wildman–Crippen MR) is 75.2 cm³/mol. The fraction of sp³-hybridized carbons (Fsp3) is 0.500. The van der Waals surface area contributed by atoms with Crippen LogP contribution in [0, 0.1) is 0 Å². The molecule has 0 aliphatic carbocycles. The zero-order chi connectivity index (χ0) is 12.5. The van der Waals surface area contributed by atoms with Gasteiger partial charge in [-0.15, -0.1) is 0 Å². The summed E-state index contributed by atoms with van der Waals surface area (Å²) >= 11 is 3.38. The van der Waals surface area contributed by atoms with Gasteiger partial charge in [-0.05, 0) is 34.5 Å². The Morgan fingerprint density at radius 2 is 1.88 bits per heavy atom. The molecule has 2 nitrogen and oxygen atoms in total. The molecule has 0 saturated carbocycles. The molecule has 0 spiro atoms. The molecule has 0 bridgehead atoms. The molecule has 0 radical (unpaired) electrons. The van der Waals surface area contributed by atoms with Gasteiger partial charge in [0.2, 0.25) is 0 Å². The maximum atomic E-state index is 11.8. The molecular formula is C14H20BrNO. The normalized spacial score (nSPS) is 10.2. The van der Waals surface area contributed by atoms with Crippen LogP contribution in [0.1, 0.15) is 49.4 Å². The Hall–Kier alpha value is -0.830. The summed E-state index contributed by atoms with van der Waals surface area (Å²) in [7, 11) is 0. The Bertz CT molecular complexity index is 352. The van der Waals surface area contributed by atoms with Crippen molar-refractivity contribution in [2.24, 2.45) is 0 Å². The van der Waals surface area contributed by atoms with Gasteiger partial charge >= 0.3 is 0 Å². The van der Waals surface area contributed by atoms with E-state index in [0.717, 1.165) is 17.4 Å². The lowest BCUT2D eigenvalue weighted by Crippen LogP contribution is -2.24. The lowest BCUT2D eigenvalue weighted by Gasteiger charge is -2.06. The number of benzene rings is 1. The van der Waals surface area contributed by atoms with Gasteiger partial charge in [0, 0.05) is 11.0 Å². The molecule has 0 aliphatic heterocycles.